The second-order valence-corrected chi connectivity index (χ2v) is 4.86. The summed E-state index contributed by atoms with van der Waals surface area (Å²) in [7, 11) is 1.43. The number of rotatable bonds is 8. The summed E-state index contributed by atoms with van der Waals surface area (Å²) in [6.45, 7) is 4.16. The van der Waals surface area contributed by atoms with Gasteiger partial charge in [-0.25, -0.2) is 4.39 Å². The van der Waals surface area contributed by atoms with Crippen molar-refractivity contribution >= 4 is 5.78 Å². The van der Waals surface area contributed by atoms with Crippen LogP contribution in [0.1, 0.15) is 45.1 Å². The number of hydrogen-bond acceptors (Lipinski definition) is 2. The molecular formula is C16H23FO2. The molecule has 3 heteroatoms. The van der Waals surface area contributed by atoms with Gasteiger partial charge in [0, 0.05) is 12.3 Å². The summed E-state index contributed by atoms with van der Waals surface area (Å²) in [5.74, 6) is 0.120. The molecule has 106 valence electrons. The monoisotopic (exact) mass is 266 g/mol. The van der Waals surface area contributed by atoms with Crippen molar-refractivity contribution in [1.82, 2.24) is 0 Å². The first-order valence-corrected chi connectivity index (χ1v) is 6.97. The number of halogens is 1. The van der Waals surface area contributed by atoms with E-state index in [1.54, 1.807) is 12.1 Å². The zero-order valence-corrected chi connectivity index (χ0v) is 12.0. The van der Waals surface area contributed by atoms with Gasteiger partial charge in [-0.1, -0.05) is 32.8 Å². The van der Waals surface area contributed by atoms with Crippen LogP contribution in [-0.2, 0) is 11.2 Å². The van der Waals surface area contributed by atoms with Gasteiger partial charge in [0.15, 0.2) is 11.6 Å². The van der Waals surface area contributed by atoms with Crippen LogP contribution in [0.25, 0.3) is 0 Å². The molecule has 1 aromatic carbocycles. The van der Waals surface area contributed by atoms with Crippen molar-refractivity contribution in [2.75, 3.05) is 7.11 Å². The molecule has 0 aliphatic heterocycles. The first-order valence-electron chi connectivity index (χ1n) is 6.97. The van der Waals surface area contributed by atoms with E-state index in [2.05, 4.69) is 6.92 Å². The summed E-state index contributed by atoms with van der Waals surface area (Å²) in [6, 6.07) is 4.72. The molecule has 0 amide bonds. The Labute approximate surface area is 115 Å². The van der Waals surface area contributed by atoms with Crippen LogP contribution >= 0.6 is 0 Å². The smallest absolute Gasteiger partial charge is 0.165 e. The van der Waals surface area contributed by atoms with Gasteiger partial charge < -0.3 is 4.74 Å². The maximum atomic E-state index is 13.6. The number of Topliss-reactive ketones (excluding diaryl/α,β-unsaturated/α-hetero) is 1. The van der Waals surface area contributed by atoms with Crippen LogP contribution in [-0.4, -0.2) is 12.9 Å². The Morgan fingerprint density at radius 2 is 2.11 bits per heavy atom. The summed E-state index contributed by atoms with van der Waals surface area (Å²) < 4.78 is 18.4. The van der Waals surface area contributed by atoms with Gasteiger partial charge in [0.2, 0.25) is 0 Å². The van der Waals surface area contributed by atoms with Gasteiger partial charge in [-0.2, -0.15) is 0 Å². The van der Waals surface area contributed by atoms with Crippen molar-refractivity contribution in [3.8, 4) is 5.75 Å². The van der Waals surface area contributed by atoms with E-state index in [-0.39, 0.29) is 17.5 Å². The Kier molecular flexibility index (Phi) is 6.54. The summed E-state index contributed by atoms with van der Waals surface area (Å²) in [6.07, 6.45) is 4.27. The fourth-order valence-corrected chi connectivity index (χ4v) is 2.21. The Morgan fingerprint density at radius 3 is 2.63 bits per heavy atom. The second kappa shape index (κ2) is 7.93. The third-order valence-electron chi connectivity index (χ3n) is 3.45. The van der Waals surface area contributed by atoms with Crippen LogP contribution in [0.3, 0.4) is 0 Å². The van der Waals surface area contributed by atoms with Crippen molar-refractivity contribution in [2.45, 2.75) is 46.0 Å². The lowest BCUT2D eigenvalue weighted by atomic mass is 9.91. The molecule has 0 spiro atoms. The molecule has 19 heavy (non-hydrogen) atoms. The van der Waals surface area contributed by atoms with Crippen molar-refractivity contribution in [1.29, 1.82) is 0 Å². The Morgan fingerprint density at radius 1 is 1.37 bits per heavy atom. The minimum Gasteiger partial charge on any atom is -0.494 e. The Balaban J connectivity index is 2.67. The molecule has 0 saturated carbocycles. The van der Waals surface area contributed by atoms with Crippen LogP contribution in [0.5, 0.6) is 5.75 Å². The summed E-state index contributed by atoms with van der Waals surface area (Å²) >= 11 is 0. The molecule has 0 aliphatic carbocycles. The largest absolute Gasteiger partial charge is 0.494 e. The molecule has 0 aromatic heterocycles. The van der Waals surface area contributed by atoms with E-state index >= 15 is 0 Å². The minimum absolute atomic E-state index is 0.102. The predicted molar refractivity (Wildman–Crippen MR) is 75.0 cm³/mol. The lowest BCUT2D eigenvalue weighted by Crippen LogP contribution is -2.16. The number of hydrogen-bond donors (Lipinski definition) is 0. The SMILES string of the molecule is CCCCC(CC)C(=O)Cc1ccc(OC)c(F)c1. The van der Waals surface area contributed by atoms with E-state index in [0.29, 0.717) is 6.42 Å². The molecule has 1 unspecified atom stereocenters. The molecule has 1 atom stereocenters. The van der Waals surface area contributed by atoms with E-state index in [4.69, 9.17) is 4.74 Å². The van der Waals surface area contributed by atoms with E-state index in [0.717, 1.165) is 31.2 Å². The maximum absolute atomic E-state index is 13.6. The highest BCUT2D eigenvalue weighted by atomic mass is 19.1. The van der Waals surface area contributed by atoms with Crippen molar-refractivity contribution in [2.24, 2.45) is 5.92 Å². The quantitative estimate of drug-likeness (QED) is 0.706. The maximum Gasteiger partial charge on any atom is 0.165 e. The van der Waals surface area contributed by atoms with Crippen LogP contribution < -0.4 is 4.74 Å². The fraction of sp³-hybridized carbons (Fsp3) is 0.562. The molecule has 1 aromatic rings. The first kappa shape index (κ1) is 15.7. The Hall–Kier alpha value is -1.38. The van der Waals surface area contributed by atoms with Gasteiger partial charge in [0.25, 0.3) is 0 Å². The number of ether oxygens (including phenoxy) is 1. The normalized spacial score (nSPS) is 12.2. The number of benzene rings is 1. The molecule has 0 N–H and O–H groups in total. The van der Waals surface area contributed by atoms with E-state index in [1.165, 1.54) is 13.2 Å². The summed E-state index contributed by atoms with van der Waals surface area (Å²) in [4.78, 5) is 12.2. The standard InChI is InChI=1S/C16H23FO2/c1-4-6-7-13(5-2)15(18)11-12-8-9-16(19-3)14(17)10-12/h8-10,13H,4-7,11H2,1-3H3. The minimum atomic E-state index is -0.408. The number of unbranched alkanes of at least 4 members (excludes halogenated alkanes) is 1. The Bertz CT molecular complexity index is 415. The van der Waals surface area contributed by atoms with Gasteiger partial charge in [0.05, 0.1) is 7.11 Å². The van der Waals surface area contributed by atoms with Gasteiger partial charge >= 0.3 is 0 Å². The first-order chi connectivity index (χ1) is 9.12. The number of ketones is 1. The zero-order chi connectivity index (χ0) is 14.3. The zero-order valence-electron chi connectivity index (χ0n) is 12.0. The highest BCUT2D eigenvalue weighted by Gasteiger charge is 2.16. The van der Waals surface area contributed by atoms with Crippen molar-refractivity contribution in [3.63, 3.8) is 0 Å². The average molecular weight is 266 g/mol. The number of methoxy groups -OCH3 is 1. The number of carbonyl (C=O) groups is 1. The molecule has 0 saturated heterocycles. The second-order valence-electron chi connectivity index (χ2n) is 4.86. The van der Waals surface area contributed by atoms with Gasteiger partial charge in [-0.15, -0.1) is 0 Å². The molecule has 1 rings (SSSR count). The highest BCUT2D eigenvalue weighted by molar-refractivity contribution is 5.83. The predicted octanol–water partition coefficient (Wildman–Crippen LogP) is 4.16. The van der Waals surface area contributed by atoms with Crippen molar-refractivity contribution < 1.29 is 13.9 Å². The summed E-state index contributed by atoms with van der Waals surface area (Å²) in [5, 5.41) is 0. The van der Waals surface area contributed by atoms with E-state index < -0.39 is 5.82 Å². The molecule has 2 nitrogen and oxygen atoms in total. The van der Waals surface area contributed by atoms with Crippen LogP contribution in [0.15, 0.2) is 18.2 Å². The van der Waals surface area contributed by atoms with Crippen LogP contribution in [0.4, 0.5) is 4.39 Å². The van der Waals surface area contributed by atoms with E-state index in [1.807, 2.05) is 6.92 Å². The van der Waals surface area contributed by atoms with E-state index in [9.17, 15) is 9.18 Å². The molecule has 0 fully saturated rings. The third kappa shape index (κ3) is 4.66. The molecule has 0 heterocycles. The lowest BCUT2D eigenvalue weighted by Gasteiger charge is -2.13. The van der Waals surface area contributed by atoms with Crippen molar-refractivity contribution in [3.05, 3.63) is 29.6 Å². The topological polar surface area (TPSA) is 26.3 Å². The molecular weight excluding hydrogens is 243 g/mol. The highest BCUT2D eigenvalue weighted by Crippen LogP contribution is 2.20. The third-order valence-corrected chi connectivity index (χ3v) is 3.45. The molecule has 0 aliphatic rings. The molecule has 0 radical (unpaired) electrons. The average Bonchev–Trinajstić information content (AvgIpc) is 2.40. The van der Waals surface area contributed by atoms with Gasteiger partial charge in [0.1, 0.15) is 5.78 Å². The van der Waals surface area contributed by atoms with Gasteiger partial charge in [-0.05, 0) is 30.5 Å². The molecule has 0 bridgehead atoms. The summed E-state index contributed by atoms with van der Waals surface area (Å²) in [5.41, 5.74) is 0.721. The number of carbonyl (C=O) groups excluding carboxylic acids is 1. The fourth-order valence-electron chi connectivity index (χ4n) is 2.21. The van der Waals surface area contributed by atoms with Gasteiger partial charge in [-0.3, -0.25) is 4.79 Å². The van der Waals surface area contributed by atoms with Crippen LogP contribution in [0.2, 0.25) is 0 Å². The van der Waals surface area contributed by atoms with Crippen LogP contribution in [0, 0.1) is 11.7 Å². The lowest BCUT2D eigenvalue weighted by molar-refractivity contribution is -0.122.